The van der Waals surface area contributed by atoms with Crippen LogP contribution < -0.4 is 0 Å². The fourth-order valence-corrected chi connectivity index (χ4v) is 1.72. The molecule has 1 aliphatic rings. The molecule has 0 radical (unpaired) electrons. The number of hydrogen-bond acceptors (Lipinski definition) is 0. The van der Waals surface area contributed by atoms with Gasteiger partial charge in [0.2, 0.25) is 0 Å². The van der Waals surface area contributed by atoms with E-state index in [1.54, 1.807) is 5.57 Å². The van der Waals surface area contributed by atoms with Crippen LogP contribution in [0.3, 0.4) is 0 Å². The molecule has 0 saturated carbocycles. The lowest BCUT2D eigenvalue weighted by molar-refractivity contribution is 0.750. The van der Waals surface area contributed by atoms with Crippen LogP contribution in [0.1, 0.15) is 39.5 Å². The largest absolute Gasteiger partial charge is 0.0956 e. The molecule has 0 unspecified atom stereocenters. The molecule has 1 aliphatic carbocycles. The topological polar surface area (TPSA) is 0 Å². The molecular weight excluding hydrogens is 120 g/mol. The van der Waals surface area contributed by atoms with Crippen molar-refractivity contribution in [3.05, 3.63) is 23.3 Å². The van der Waals surface area contributed by atoms with Crippen LogP contribution in [0.15, 0.2) is 23.3 Å². The van der Waals surface area contributed by atoms with Crippen LogP contribution >= 0.6 is 0 Å². The zero-order valence-corrected chi connectivity index (χ0v) is 7.04. The van der Waals surface area contributed by atoms with Crippen molar-refractivity contribution >= 4 is 0 Å². The van der Waals surface area contributed by atoms with Crippen LogP contribution in [0.2, 0.25) is 0 Å². The van der Waals surface area contributed by atoms with E-state index >= 15 is 0 Å². The van der Waals surface area contributed by atoms with Gasteiger partial charge in [0.05, 0.1) is 0 Å². The zero-order valence-electron chi connectivity index (χ0n) is 7.04. The molecule has 0 fully saturated rings. The highest BCUT2D eigenvalue weighted by Crippen LogP contribution is 2.29. The molecule has 0 amide bonds. The molecule has 0 bridgehead atoms. The van der Waals surface area contributed by atoms with E-state index in [2.05, 4.69) is 20.4 Å². The quantitative estimate of drug-likeness (QED) is 0.518. The summed E-state index contributed by atoms with van der Waals surface area (Å²) >= 11 is 0. The molecule has 0 aromatic carbocycles. The standard InChI is InChI=1S/C10H16/c1-4-10-8(2)6-5-7-9(10)3/h2,4-7H2,1,3H3. The second-order valence-electron chi connectivity index (χ2n) is 3.07. The second-order valence-corrected chi connectivity index (χ2v) is 3.07. The van der Waals surface area contributed by atoms with Gasteiger partial charge < -0.3 is 0 Å². The first kappa shape index (κ1) is 7.59. The van der Waals surface area contributed by atoms with Gasteiger partial charge in [0.25, 0.3) is 0 Å². The minimum Gasteiger partial charge on any atom is -0.0956 e. The summed E-state index contributed by atoms with van der Waals surface area (Å²) in [6.07, 6.45) is 5.00. The predicted molar refractivity (Wildman–Crippen MR) is 46.0 cm³/mol. The Morgan fingerprint density at radius 3 is 2.50 bits per heavy atom. The number of allylic oxidation sites excluding steroid dienone is 3. The van der Waals surface area contributed by atoms with Crippen molar-refractivity contribution in [2.75, 3.05) is 0 Å². The van der Waals surface area contributed by atoms with Crippen LogP contribution in [-0.4, -0.2) is 0 Å². The van der Waals surface area contributed by atoms with Gasteiger partial charge in [-0.05, 0) is 38.2 Å². The highest BCUT2D eigenvalue weighted by molar-refractivity contribution is 5.34. The highest BCUT2D eigenvalue weighted by Gasteiger charge is 2.09. The molecule has 10 heavy (non-hydrogen) atoms. The lowest BCUT2D eigenvalue weighted by Gasteiger charge is -2.18. The van der Waals surface area contributed by atoms with Gasteiger partial charge in [-0.3, -0.25) is 0 Å². The molecule has 0 spiro atoms. The molecule has 56 valence electrons. The molecule has 0 saturated heterocycles. The maximum Gasteiger partial charge on any atom is -0.0279 e. The van der Waals surface area contributed by atoms with Crippen molar-refractivity contribution in [3.63, 3.8) is 0 Å². The molecule has 0 aromatic rings. The molecule has 0 atom stereocenters. The fraction of sp³-hybridized carbons (Fsp3) is 0.600. The van der Waals surface area contributed by atoms with Crippen LogP contribution in [0.5, 0.6) is 0 Å². The summed E-state index contributed by atoms with van der Waals surface area (Å²) < 4.78 is 0. The maximum absolute atomic E-state index is 4.06. The first-order valence-corrected chi connectivity index (χ1v) is 4.12. The van der Waals surface area contributed by atoms with Crippen molar-refractivity contribution in [2.45, 2.75) is 39.5 Å². The zero-order chi connectivity index (χ0) is 7.56. The molecular formula is C10H16. The summed E-state index contributed by atoms with van der Waals surface area (Å²) in [4.78, 5) is 0. The lowest BCUT2D eigenvalue weighted by Crippen LogP contribution is -1.98. The van der Waals surface area contributed by atoms with E-state index in [0.717, 1.165) is 0 Å². The minimum absolute atomic E-state index is 1.17. The van der Waals surface area contributed by atoms with Crippen molar-refractivity contribution in [2.24, 2.45) is 0 Å². The number of rotatable bonds is 1. The normalized spacial score (nSPS) is 20.0. The Bertz CT molecular complexity index is 172. The third-order valence-electron chi connectivity index (χ3n) is 2.33. The molecule has 0 heteroatoms. The third-order valence-corrected chi connectivity index (χ3v) is 2.33. The summed E-state index contributed by atoms with van der Waals surface area (Å²) in [6.45, 7) is 8.52. The Balaban J connectivity index is 2.84. The average molecular weight is 136 g/mol. The van der Waals surface area contributed by atoms with Crippen LogP contribution in [0, 0.1) is 0 Å². The van der Waals surface area contributed by atoms with Gasteiger partial charge in [-0.25, -0.2) is 0 Å². The Kier molecular flexibility index (Phi) is 2.31. The average Bonchev–Trinajstić information content (AvgIpc) is 1.88. The summed E-state index contributed by atoms with van der Waals surface area (Å²) in [5.41, 5.74) is 4.48. The first-order valence-electron chi connectivity index (χ1n) is 4.12. The summed E-state index contributed by atoms with van der Waals surface area (Å²) in [6, 6.07) is 0. The molecule has 0 aliphatic heterocycles. The summed E-state index contributed by atoms with van der Waals surface area (Å²) in [5.74, 6) is 0. The Morgan fingerprint density at radius 1 is 1.40 bits per heavy atom. The summed E-state index contributed by atoms with van der Waals surface area (Å²) in [5, 5.41) is 0. The van der Waals surface area contributed by atoms with E-state index in [9.17, 15) is 0 Å². The van der Waals surface area contributed by atoms with Gasteiger partial charge in [0, 0.05) is 0 Å². The third kappa shape index (κ3) is 1.31. The predicted octanol–water partition coefficient (Wildman–Crippen LogP) is 3.45. The Labute approximate surface area is 63.6 Å². The Morgan fingerprint density at radius 2 is 2.10 bits per heavy atom. The molecule has 1 rings (SSSR count). The van der Waals surface area contributed by atoms with E-state index in [1.165, 1.54) is 36.8 Å². The van der Waals surface area contributed by atoms with Crippen molar-refractivity contribution in [3.8, 4) is 0 Å². The minimum atomic E-state index is 1.17. The van der Waals surface area contributed by atoms with Gasteiger partial charge in [-0.1, -0.05) is 24.6 Å². The lowest BCUT2D eigenvalue weighted by atomic mass is 9.88. The number of hydrogen-bond donors (Lipinski definition) is 0. The van der Waals surface area contributed by atoms with E-state index < -0.39 is 0 Å². The van der Waals surface area contributed by atoms with Gasteiger partial charge in [-0.15, -0.1) is 0 Å². The Hall–Kier alpha value is -0.520. The van der Waals surface area contributed by atoms with Crippen molar-refractivity contribution < 1.29 is 0 Å². The second kappa shape index (κ2) is 3.05. The molecule has 0 nitrogen and oxygen atoms in total. The van der Waals surface area contributed by atoms with Gasteiger partial charge >= 0.3 is 0 Å². The van der Waals surface area contributed by atoms with Gasteiger partial charge in [0.1, 0.15) is 0 Å². The first-order chi connectivity index (χ1) is 4.75. The van der Waals surface area contributed by atoms with E-state index in [1.807, 2.05) is 0 Å². The maximum atomic E-state index is 4.06. The van der Waals surface area contributed by atoms with E-state index in [4.69, 9.17) is 0 Å². The fourth-order valence-electron chi connectivity index (χ4n) is 1.72. The smallest absolute Gasteiger partial charge is 0.0279 e. The molecule has 0 N–H and O–H groups in total. The van der Waals surface area contributed by atoms with Gasteiger partial charge in [-0.2, -0.15) is 0 Å². The summed E-state index contributed by atoms with van der Waals surface area (Å²) in [7, 11) is 0. The SMILES string of the molecule is C=C1CCCC(C)=C1CC. The van der Waals surface area contributed by atoms with Crippen LogP contribution in [-0.2, 0) is 0 Å². The molecule has 0 heterocycles. The monoisotopic (exact) mass is 136 g/mol. The van der Waals surface area contributed by atoms with Gasteiger partial charge in [0.15, 0.2) is 0 Å². The van der Waals surface area contributed by atoms with E-state index in [0.29, 0.717) is 0 Å². The van der Waals surface area contributed by atoms with Crippen molar-refractivity contribution in [1.29, 1.82) is 0 Å². The van der Waals surface area contributed by atoms with E-state index in [-0.39, 0.29) is 0 Å². The highest BCUT2D eigenvalue weighted by atomic mass is 14.2. The van der Waals surface area contributed by atoms with Crippen molar-refractivity contribution in [1.82, 2.24) is 0 Å². The van der Waals surface area contributed by atoms with Crippen LogP contribution in [0.4, 0.5) is 0 Å². The molecule has 0 aromatic heterocycles. The van der Waals surface area contributed by atoms with Crippen LogP contribution in [0.25, 0.3) is 0 Å².